The predicted octanol–water partition coefficient (Wildman–Crippen LogP) is 3.60. The molecule has 1 amide bonds. The van der Waals surface area contributed by atoms with Crippen LogP contribution in [0.3, 0.4) is 0 Å². The molecule has 1 atom stereocenters. The smallest absolute Gasteiger partial charge is 0.224 e. The summed E-state index contributed by atoms with van der Waals surface area (Å²) >= 11 is 6.03. The van der Waals surface area contributed by atoms with Gasteiger partial charge in [0.2, 0.25) is 5.91 Å². The highest BCUT2D eigenvalue weighted by molar-refractivity contribution is 6.30. The van der Waals surface area contributed by atoms with Crippen molar-refractivity contribution in [3.05, 3.63) is 71.4 Å². The Labute approximate surface area is 169 Å². The Bertz CT molecular complexity index is 931. The van der Waals surface area contributed by atoms with Crippen LogP contribution >= 0.6 is 11.6 Å². The van der Waals surface area contributed by atoms with Gasteiger partial charge in [-0.05, 0) is 43.7 Å². The van der Waals surface area contributed by atoms with Gasteiger partial charge in [-0.25, -0.2) is 4.68 Å². The molecule has 1 aliphatic heterocycles. The van der Waals surface area contributed by atoms with Gasteiger partial charge in [-0.15, -0.1) is 0 Å². The summed E-state index contributed by atoms with van der Waals surface area (Å²) < 4.78 is 1.82. The molecule has 1 unspecified atom stereocenters. The van der Waals surface area contributed by atoms with Crippen LogP contribution in [-0.4, -0.2) is 34.8 Å². The van der Waals surface area contributed by atoms with Crippen molar-refractivity contribution in [1.82, 2.24) is 20.4 Å². The Hall–Kier alpha value is -2.63. The van der Waals surface area contributed by atoms with E-state index in [1.165, 1.54) is 6.42 Å². The summed E-state index contributed by atoms with van der Waals surface area (Å²) in [6.07, 6.45) is 4.51. The lowest BCUT2D eigenvalue weighted by Crippen LogP contribution is -2.37. The number of nitrogens with one attached hydrogen (secondary N) is 2. The lowest BCUT2D eigenvalue weighted by atomic mass is 10.1. The van der Waals surface area contributed by atoms with Gasteiger partial charge in [-0.2, -0.15) is 5.10 Å². The molecule has 3 aromatic rings. The SMILES string of the molecule is O=C(Cc1cn(-c2ccccc2)nc1-c1ccc(Cl)cc1)NCC1CCCN1. The number of rotatable bonds is 6. The summed E-state index contributed by atoms with van der Waals surface area (Å²) in [6, 6.07) is 17.8. The van der Waals surface area contributed by atoms with Gasteiger partial charge in [0.15, 0.2) is 0 Å². The van der Waals surface area contributed by atoms with Crippen LogP contribution in [0.4, 0.5) is 0 Å². The van der Waals surface area contributed by atoms with Crippen LogP contribution in [0, 0.1) is 0 Å². The van der Waals surface area contributed by atoms with Gasteiger partial charge in [-0.3, -0.25) is 4.79 Å². The molecule has 5 nitrogen and oxygen atoms in total. The number of halogens is 1. The van der Waals surface area contributed by atoms with E-state index in [2.05, 4.69) is 10.6 Å². The summed E-state index contributed by atoms with van der Waals surface area (Å²) in [5.41, 5.74) is 3.59. The number of nitrogens with zero attached hydrogens (tertiary/aromatic N) is 2. The third-order valence-electron chi connectivity index (χ3n) is 4.99. The first-order valence-electron chi connectivity index (χ1n) is 9.59. The van der Waals surface area contributed by atoms with Crippen LogP contribution in [0.25, 0.3) is 16.9 Å². The summed E-state index contributed by atoms with van der Waals surface area (Å²) in [6.45, 7) is 1.70. The minimum atomic E-state index is 0.0107. The van der Waals surface area contributed by atoms with Crippen LogP contribution in [0.2, 0.25) is 5.02 Å². The molecule has 4 rings (SSSR count). The fraction of sp³-hybridized carbons (Fsp3) is 0.273. The summed E-state index contributed by atoms with van der Waals surface area (Å²) in [4.78, 5) is 12.6. The molecule has 0 saturated carbocycles. The Morgan fingerprint density at radius 1 is 1.18 bits per heavy atom. The third kappa shape index (κ3) is 4.43. The Morgan fingerprint density at radius 2 is 1.96 bits per heavy atom. The predicted molar refractivity (Wildman–Crippen MR) is 112 cm³/mol. The first kappa shape index (κ1) is 18.7. The van der Waals surface area contributed by atoms with Crippen molar-refractivity contribution < 1.29 is 4.79 Å². The van der Waals surface area contributed by atoms with Crippen molar-refractivity contribution in [3.63, 3.8) is 0 Å². The normalized spacial score (nSPS) is 16.2. The number of para-hydroxylation sites is 1. The van der Waals surface area contributed by atoms with Crippen molar-refractivity contribution >= 4 is 17.5 Å². The van der Waals surface area contributed by atoms with Gasteiger partial charge in [0.25, 0.3) is 0 Å². The first-order valence-corrected chi connectivity index (χ1v) is 9.97. The minimum absolute atomic E-state index is 0.0107. The number of hydrogen-bond donors (Lipinski definition) is 2. The van der Waals surface area contributed by atoms with E-state index in [1.54, 1.807) is 0 Å². The van der Waals surface area contributed by atoms with Crippen molar-refractivity contribution in [3.8, 4) is 16.9 Å². The highest BCUT2D eigenvalue weighted by Gasteiger charge is 2.18. The van der Waals surface area contributed by atoms with E-state index in [0.29, 0.717) is 17.6 Å². The molecular weight excluding hydrogens is 372 g/mol. The Kier molecular flexibility index (Phi) is 5.74. The van der Waals surface area contributed by atoms with Crippen molar-refractivity contribution in [1.29, 1.82) is 0 Å². The highest BCUT2D eigenvalue weighted by Crippen LogP contribution is 2.25. The van der Waals surface area contributed by atoms with Gasteiger partial charge in [0, 0.05) is 34.9 Å². The highest BCUT2D eigenvalue weighted by atomic mass is 35.5. The molecule has 2 heterocycles. The fourth-order valence-electron chi connectivity index (χ4n) is 3.51. The van der Waals surface area contributed by atoms with Gasteiger partial charge in [0.05, 0.1) is 17.8 Å². The zero-order valence-corrected chi connectivity index (χ0v) is 16.3. The van der Waals surface area contributed by atoms with Gasteiger partial charge >= 0.3 is 0 Å². The number of carbonyl (C=O) groups is 1. The second kappa shape index (κ2) is 8.59. The molecule has 0 bridgehead atoms. The lowest BCUT2D eigenvalue weighted by molar-refractivity contribution is -0.120. The molecule has 0 aliphatic carbocycles. The fourth-order valence-corrected chi connectivity index (χ4v) is 3.63. The van der Waals surface area contributed by atoms with Crippen LogP contribution in [0.15, 0.2) is 60.8 Å². The second-order valence-corrected chi connectivity index (χ2v) is 7.50. The number of amides is 1. The number of hydrogen-bond acceptors (Lipinski definition) is 3. The molecule has 144 valence electrons. The van der Waals surface area contributed by atoms with E-state index >= 15 is 0 Å². The average molecular weight is 395 g/mol. The van der Waals surface area contributed by atoms with E-state index in [9.17, 15) is 4.79 Å². The molecule has 1 saturated heterocycles. The van der Waals surface area contributed by atoms with E-state index in [0.717, 1.165) is 35.5 Å². The largest absolute Gasteiger partial charge is 0.354 e. The number of aromatic nitrogens is 2. The monoisotopic (exact) mass is 394 g/mol. The van der Waals surface area contributed by atoms with Crippen molar-refractivity contribution in [2.45, 2.75) is 25.3 Å². The molecule has 0 radical (unpaired) electrons. The first-order chi connectivity index (χ1) is 13.7. The molecule has 1 aliphatic rings. The number of benzene rings is 2. The Morgan fingerprint density at radius 3 is 2.68 bits per heavy atom. The van der Waals surface area contributed by atoms with Gasteiger partial charge < -0.3 is 10.6 Å². The minimum Gasteiger partial charge on any atom is -0.354 e. The molecule has 2 aromatic carbocycles. The summed E-state index contributed by atoms with van der Waals surface area (Å²) in [5, 5.41) is 11.9. The molecule has 1 aromatic heterocycles. The van der Waals surface area contributed by atoms with Crippen LogP contribution < -0.4 is 10.6 Å². The molecule has 1 fully saturated rings. The topological polar surface area (TPSA) is 59.0 Å². The maximum absolute atomic E-state index is 12.6. The van der Waals surface area contributed by atoms with Crippen molar-refractivity contribution in [2.75, 3.05) is 13.1 Å². The molecule has 0 spiro atoms. The van der Waals surface area contributed by atoms with E-state index < -0.39 is 0 Å². The molecule has 2 N–H and O–H groups in total. The summed E-state index contributed by atoms with van der Waals surface area (Å²) in [7, 11) is 0. The van der Waals surface area contributed by atoms with Gasteiger partial charge in [-0.1, -0.05) is 41.9 Å². The average Bonchev–Trinajstić information content (AvgIpc) is 3.38. The standard InChI is InChI=1S/C22H23ClN4O/c23-18-10-8-16(9-11-18)22-17(13-21(28)25-14-19-5-4-12-24-19)15-27(26-22)20-6-2-1-3-7-20/h1-3,6-11,15,19,24H,4-5,12-14H2,(H,25,28). The molecule has 6 heteroatoms. The third-order valence-corrected chi connectivity index (χ3v) is 5.24. The van der Waals surface area contributed by atoms with E-state index in [-0.39, 0.29) is 12.3 Å². The maximum Gasteiger partial charge on any atom is 0.224 e. The van der Waals surface area contributed by atoms with Crippen molar-refractivity contribution in [2.24, 2.45) is 0 Å². The molecular formula is C22H23ClN4O. The molecule has 28 heavy (non-hydrogen) atoms. The lowest BCUT2D eigenvalue weighted by Gasteiger charge is -2.11. The van der Waals surface area contributed by atoms with Crippen LogP contribution in [0.1, 0.15) is 18.4 Å². The quantitative estimate of drug-likeness (QED) is 0.671. The van der Waals surface area contributed by atoms with Gasteiger partial charge in [0.1, 0.15) is 0 Å². The van der Waals surface area contributed by atoms with Crippen LogP contribution in [0.5, 0.6) is 0 Å². The number of carbonyl (C=O) groups excluding carboxylic acids is 1. The maximum atomic E-state index is 12.6. The van der Waals surface area contributed by atoms with E-state index in [4.69, 9.17) is 16.7 Å². The van der Waals surface area contributed by atoms with E-state index in [1.807, 2.05) is 65.5 Å². The second-order valence-electron chi connectivity index (χ2n) is 7.06. The summed E-state index contributed by atoms with van der Waals surface area (Å²) in [5.74, 6) is 0.0107. The zero-order chi connectivity index (χ0) is 19.3. The van der Waals surface area contributed by atoms with Crippen LogP contribution in [-0.2, 0) is 11.2 Å². The zero-order valence-electron chi connectivity index (χ0n) is 15.6. The Balaban J connectivity index is 1.57.